The number of Topliss-reactive ketones (excluding diaryl/α,β-unsaturated/α-hetero) is 1. The number of hydrogen-bond donors (Lipinski definition) is 2. The SMILES string of the molecule is CC(=O)[C@@H](N)C[C@@H](Cc1ccc(OCF)cc1)C(=O)O. The van der Waals surface area contributed by atoms with Crippen LogP contribution in [0.3, 0.4) is 0 Å². The molecule has 0 saturated carbocycles. The molecule has 5 nitrogen and oxygen atoms in total. The molecule has 6 heteroatoms. The monoisotopic (exact) mass is 283 g/mol. The van der Waals surface area contributed by atoms with Crippen LogP contribution in [0.1, 0.15) is 18.9 Å². The molecule has 3 N–H and O–H groups in total. The van der Waals surface area contributed by atoms with Gasteiger partial charge in [-0.1, -0.05) is 12.1 Å². The van der Waals surface area contributed by atoms with Crippen LogP contribution in [0.2, 0.25) is 0 Å². The second-order valence-electron chi connectivity index (χ2n) is 4.59. The van der Waals surface area contributed by atoms with Crippen LogP contribution >= 0.6 is 0 Å². The molecule has 0 amide bonds. The molecule has 0 saturated heterocycles. The van der Waals surface area contributed by atoms with E-state index in [1.54, 1.807) is 24.3 Å². The molecule has 20 heavy (non-hydrogen) atoms. The maximum atomic E-state index is 12.0. The van der Waals surface area contributed by atoms with Gasteiger partial charge in [0.1, 0.15) is 11.5 Å². The summed E-state index contributed by atoms with van der Waals surface area (Å²) in [5.41, 5.74) is 6.36. The number of ketones is 1. The number of nitrogens with two attached hydrogens (primary N) is 1. The number of hydrogen-bond acceptors (Lipinski definition) is 4. The molecule has 0 aliphatic heterocycles. The molecule has 0 unspecified atom stereocenters. The first kappa shape index (κ1) is 16.1. The van der Waals surface area contributed by atoms with Crippen molar-refractivity contribution in [3.63, 3.8) is 0 Å². The zero-order valence-corrected chi connectivity index (χ0v) is 11.2. The molecular weight excluding hydrogens is 265 g/mol. The van der Waals surface area contributed by atoms with Gasteiger partial charge < -0.3 is 15.6 Å². The van der Waals surface area contributed by atoms with Gasteiger partial charge in [0.15, 0.2) is 0 Å². The van der Waals surface area contributed by atoms with Crippen LogP contribution in [0.5, 0.6) is 5.75 Å². The fourth-order valence-electron chi connectivity index (χ4n) is 1.81. The third kappa shape index (κ3) is 4.97. The van der Waals surface area contributed by atoms with Gasteiger partial charge in [-0.2, -0.15) is 0 Å². The predicted octanol–water partition coefficient (Wildman–Crippen LogP) is 1.54. The van der Waals surface area contributed by atoms with Crippen molar-refractivity contribution in [2.75, 3.05) is 6.86 Å². The Morgan fingerprint density at radius 2 is 1.95 bits per heavy atom. The highest BCUT2D eigenvalue weighted by Crippen LogP contribution is 2.18. The summed E-state index contributed by atoms with van der Waals surface area (Å²) in [5, 5.41) is 9.16. The van der Waals surface area contributed by atoms with Crippen LogP contribution in [-0.2, 0) is 16.0 Å². The molecular formula is C14H18FNO4. The van der Waals surface area contributed by atoms with Crippen LogP contribution < -0.4 is 10.5 Å². The first-order valence-corrected chi connectivity index (χ1v) is 6.20. The number of carboxylic acid groups (broad SMARTS) is 1. The van der Waals surface area contributed by atoms with Crippen molar-refractivity contribution < 1.29 is 23.8 Å². The molecule has 0 heterocycles. The summed E-state index contributed by atoms with van der Waals surface area (Å²) >= 11 is 0. The van der Waals surface area contributed by atoms with Crippen molar-refractivity contribution in [3.8, 4) is 5.75 Å². The molecule has 1 aromatic carbocycles. The average molecular weight is 283 g/mol. The largest absolute Gasteiger partial charge is 0.481 e. The molecule has 1 aromatic rings. The summed E-state index contributed by atoms with van der Waals surface area (Å²) < 4.78 is 16.6. The minimum absolute atomic E-state index is 0.0907. The smallest absolute Gasteiger partial charge is 0.306 e. The lowest BCUT2D eigenvalue weighted by atomic mass is 9.92. The Morgan fingerprint density at radius 1 is 1.35 bits per heavy atom. The van der Waals surface area contributed by atoms with Gasteiger partial charge in [0, 0.05) is 0 Å². The quantitative estimate of drug-likeness (QED) is 0.755. The van der Waals surface area contributed by atoms with E-state index in [1.165, 1.54) is 6.92 Å². The summed E-state index contributed by atoms with van der Waals surface area (Å²) in [7, 11) is 0. The van der Waals surface area contributed by atoms with Crippen LogP contribution in [0.15, 0.2) is 24.3 Å². The maximum absolute atomic E-state index is 12.0. The topological polar surface area (TPSA) is 89.6 Å². The van der Waals surface area contributed by atoms with Crippen molar-refractivity contribution in [2.24, 2.45) is 11.7 Å². The van der Waals surface area contributed by atoms with E-state index in [0.717, 1.165) is 5.56 Å². The van der Waals surface area contributed by atoms with Crippen molar-refractivity contribution in [2.45, 2.75) is 25.8 Å². The summed E-state index contributed by atoms with van der Waals surface area (Å²) in [6.45, 7) is 0.428. The molecule has 0 bridgehead atoms. The number of aliphatic carboxylic acids is 1. The molecule has 0 aromatic heterocycles. The number of halogens is 1. The Balaban J connectivity index is 2.70. The Kier molecular flexibility index (Phi) is 6.11. The van der Waals surface area contributed by atoms with Gasteiger partial charge >= 0.3 is 5.97 Å². The van der Waals surface area contributed by atoms with Crippen LogP contribution in [0.4, 0.5) is 4.39 Å². The lowest BCUT2D eigenvalue weighted by Gasteiger charge is -2.16. The zero-order chi connectivity index (χ0) is 15.1. The van der Waals surface area contributed by atoms with Gasteiger partial charge in [0.05, 0.1) is 12.0 Å². The van der Waals surface area contributed by atoms with E-state index >= 15 is 0 Å². The normalized spacial score (nSPS) is 13.6. The number of benzene rings is 1. The third-order valence-electron chi connectivity index (χ3n) is 3.04. The Hall–Kier alpha value is -1.95. The van der Waals surface area contributed by atoms with Crippen molar-refractivity contribution in [3.05, 3.63) is 29.8 Å². The average Bonchev–Trinajstić information content (AvgIpc) is 2.40. The van der Waals surface area contributed by atoms with Gasteiger partial charge in [-0.25, -0.2) is 4.39 Å². The van der Waals surface area contributed by atoms with Gasteiger partial charge in [-0.05, 0) is 37.5 Å². The van der Waals surface area contributed by atoms with Crippen LogP contribution in [0, 0.1) is 5.92 Å². The third-order valence-corrected chi connectivity index (χ3v) is 3.04. The van der Waals surface area contributed by atoms with E-state index in [4.69, 9.17) is 10.8 Å². The highest BCUT2D eigenvalue weighted by atomic mass is 19.1. The van der Waals surface area contributed by atoms with E-state index in [-0.39, 0.29) is 18.6 Å². The Morgan fingerprint density at radius 3 is 2.40 bits per heavy atom. The van der Waals surface area contributed by atoms with Gasteiger partial charge in [0.2, 0.25) is 6.86 Å². The van der Waals surface area contributed by atoms with Gasteiger partial charge in [-0.3, -0.25) is 9.59 Å². The fourth-order valence-corrected chi connectivity index (χ4v) is 1.81. The highest BCUT2D eigenvalue weighted by Gasteiger charge is 2.23. The standard InChI is InChI=1S/C14H18FNO4/c1-9(17)13(16)7-11(14(18)19)6-10-2-4-12(5-3-10)20-8-15/h2-5,11,13H,6-8,16H2,1H3,(H,18,19)/t11-,13+/m1/s1. The molecule has 0 aliphatic rings. The minimum Gasteiger partial charge on any atom is -0.481 e. The number of rotatable bonds is 8. The second-order valence-corrected chi connectivity index (χ2v) is 4.59. The summed E-state index contributed by atoms with van der Waals surface area (Å²) in [6, 6.07) is 5.70. The molecule has 0 aliphatic carbocycles. The van der Waals surface area contributed by atoms with E-state index in [0.29, 0.717) is 5.75 Å². The van der Waals surface area contributed by atoms with Gasteiger partial charge in [-0.15, -0.1) is 0 Å². The number of alkyl halides is 1. The van der Waals surface area contributed by atoms with Gasteiger partial charge in [0.25, 0.3) is 0 Å². The summed E-state index contributed by atoms with van der Waals surface area (Å²) in [5.74, 6) is -1.58. The number of carbonyl (C=O) groups is 2. The van der Waals surface area contributed by atoms with E-state index in [9.17, 15) is 14.0 Å². The van der Waals surface area contributed by atoms with Crippen LogP contribution in [0.25, 0.3) is 0 Å². The first-order valence-electron chi connectivity index (χ1n) is 6.20. The fraction of sp³-hybridized carbons (Fsp3) is 0.429. The van der Waals surface area contributed by atoms with Crippen molar-refractivity contribution in [1.82, 2.24) is 0 Å². The Labute approximate surface area is 116 Å². The second kappa shape index (κ2) is 7.59. The molecule has 0 radical (unpaired) electrons. The zero-order valence-electron chi connectivity index (χ0n) is 11.2. The molecule has 0 fully saturated rings. The molecule has 2 atom stereocenters. The summed E-state index contributed by atoms with van der Waals surface area (Å²) in [6.07, 6.45) is 0.347. The number of ether oxygens (including phenoxy) is 1. The Bertz CT molecular complexity index is 461. The minimum atomic E-state index is -0.995. The van der Waals surface area contributed by atoms with E-state index < -0.39 is 24.8 Å². The highest BCUT2D eigenvalue weighted by molar-refractivity contribution is 5.82. The summed E-state index contributed by atoms with van der Waals surface area (Å²) in [4.78, 5) is 22.3. The van der Waals surface area contributed by atoms with E-state index in [1.807, 2.05) is 0 Å². The van der Waals surface area contributed by atoms with Crippen molar-refractivity contribution >= 4 is 11.8 Å². The molecule has 110 valence electrons. The van der Waals surface area contributed by atoms with Crippen molar-refractivity contribution in [1.29, 1.82) is 0 Å². The molecule has 1 rings (SSSR count). The predicted molar refractivity (Wildman–Crippen MR) is 71.1 cm³/mol. The van der Waals surface area contributed by atoms with Crippen LogP contribution in [-0.4, -0.2) is 29.8 Å². The maximum Gasteiger partial charge on any atom is 0.306 e. The number of carbonyl (C=O) groups excluding carboxylic acids is 1. The van der Waals surface area contributed by atoms with E-state index in [2.05, 4.69) is 4.74 Å². The molecule has 0 spiro atoms. The lowest BCUT2D eigenvalue weighted by molar-refractivity contribution is -0.142. The lowest BCUT2D eigenvalue weighted by Crippen LogP contribution is -2.33. The first-order chi connectivity index (χ1) is 9.43. The number of carboxylic acids is 1.